The van der Waals surface area contributed by atoms with E-state index >= 15 is 0 Å². The summed E-state index contributed by atoms with van der Waals surface area (Å²) in [4.78, 5) is 10.2. The summed E-state index contributed by atoms with van der Waals surface area (Å²) in [6.07, 6.45) is 0. The van der Waals surface area contributed by atoms with Gasteiger partial charge in [0.25, 0.3) is 10.0 Å². The molecule has 0 amide bonds. The molecule has 1 aromatic heterocycles. The molecule has 9 heteroatoms. The average Bonchev–Trinajstić information content (AvgIpc) is 2.85. The van der Waals surface area contributed by atoms with E-state index in [1.807, 2.05) is 4.72 Å². The molecule has 0 unspecified atom stereocenters. The van der Waals surface area contributed by atoms with Crippen LogP contribution in [0.2, 0.25) is 0 Å². The summed E-state index contributed by atoms with van der Waals surface area (Å²) in [5, 5.41) is 9.82. The topological polar surface area (TPSA) is 83.5 Å². The highest BCUT2D eigenvalue weighted by molar-refractivity contribution is 7.92. The molecule has 0 atom stereocenters. The van der Waals surface area contributed by atoms with Gasteiger partial charge in [-0.05, 0) is 18.2 Å². The summed E-state index contributed by atoms with van der Waals surface area (Å²) in [7, 11) is -4.17. The fourth-order valence-electron chi connectivity index (χ4n) is 1.36. The van der Waals surface area contributed by atoms with Gasteiger partial charge in [0.05, 0.1) is 10.6 Å². The summed E-state index contributed by atoms with van der Waals surface area (Å²) in [6.45, 7) is 0. The monoisotopic (exact) mass is 319 g/mol. The summed E-state index contributed by atoms with van der Waals surface area (Å²) in [5.74, 6) is -3.79. The molecule has 0 bridgehead atoms. The maximum absolute atomic E-state index is 13.4. The largest absolute Gasteiger partial charge is 0.477 e. The number of carboxylic acid groups (broad SMARTS) is 1. The highest BCUT2D eigenvalue weighted by atomic mass is 32.2. The summed E-state index contributed by atoms with van der Waals surface area (Å²) < 4.78 is 52.1. The molecule has 2 rings (SSSR count). The third-order valence-electron chi connectivity index (χ3n) is 2.29. The minimum Gasteiger partial charge on any atom is -0.477 e. The molecule has 5 nitrogen and oxygen atoms in total. The van der Waals surface area contributed by atoms with E-state index in [-0.39, 0.29) is 9.77 Å². The lowest BCUT2D eigenvalue weighted by Crippen LogP contribution is -2.13. The molecular weight excluding hydrogens is 312 g/mol. The van der Waals surface area contributed by atoms with E-state index in [0.29, 0.717) is 11.3 Å². The Hall–Kier alpha value is -2.00. The van der Waals surface area contributed by atoms with Crippen LogP contribution in [0.5, 0.6) is 0 Å². The normalized spacial score (nSPS) is 11.3. The molecule has 106 valence electrons. The van der Waals surface area contributed by atoms with Crippen molar-refractivity contribution in [2.45, 2.75) is 4.90 Å². The Labute approximate surface area is 116 Å². The van der Waals surface area contributed by atoms with Gasteiger partial charge in [0, 0.05) is 5.38 Å². The first kappa shape index (κ1) is 14.4. The molecule has 0 spiro atoms. The van der Waals surface area contributed by atoms with Crippen LogP contribution in [0.4, 0.5) is 14.5 Å². The standard InChI is InChI=1S/C11H7F2NO4S2/c12-7-2-1-3-8(10(7)13)14-20(17,18)6-4-9(11(15)16)19-5-6/h1-5,14H,(H,15,16). The van der Waals surface area contributed by atoms with Crippen LogP contribution in [0.25, 0.3) is 0 Å². The molecule has 0 aliphatic rings. The summed E-state index contributed by atoms with van der Waals surface area (Å²) >= 11 is 0.716. The number of anilines is 1. The number of rotatable bonds is 4. The van der Waals surface area contributed by atoms with E-state index in [1.165, 1.54) is 0 Å². The Morgan fingerprint density at radius 3 is 2.60 bits per heavy atom. The molecule has 0 aliphatic carbocycles. The molecule has 1 aromatic carbocycles. The molecule has 20 heavy (non-hydrogen) atoms. The number of hydrogen-bond acceptors (Lipinski definition) is 4. The van der Waals surface area contributed by atoms with Crippen LogP contribution in [-0.2, 0) is 10.0 Å². The number of sulfonamides is 1. The number of carboxylic acids is 1. The highest BCUT2D eigenvalue weighted by Gasteiger charge is 2.20. The fraction of sp³-hybridized carbons (Fsp3) is 0. The third kappa shape index (κ3) is 2.78. The minimum absolute atomic E-state index is 0.176. The van der Waals surface area contributed by atoms with Crippen molar-refractivity contribution < 1.29 is 27.1 Å². The lowest BCUT2D eigenvalue weighted by Gasteiger charge is -2.07. The van der Waals surface area contributed by atoms with Crippen LogP contribution >= 0.6 is 11.3 Å². The lowest BCUT2D eigenvalue weighted by atomic mass is 10.3. The van der Waals surface area contributed by atoms with E-state index in [0.717, 1.165) is 29.6 Å². The number of carbonyl (C=O) groups is 1. The molecule has 0 aliphatic heterocycles. The Morgan fingerprint density at radius 2 is 2.00 bits per heavy atom. The zero-order valence-corrected chi connectivity index (χ0v) is 11.3. The summed E-state index contributed by atoms with van der Waals surface area (Å²) in [6, 6.07) is 3.99. The van der Waals surface area contributed by atoms with Crippen LogP contribution in [0.1, 0.15) is 9.67 Å². The van der Waals surface area contributed by atoms with Crippen LogP contribution in [0.3, 0.4) is 0 Å². The fourth-order valence-corrected chi connectivity index (χ4v) is 3.53. The van der Waals surface area contributed by atoms with Crippen molar-refractivity contribution in [1.29, 1.82) is 0 Å². The Kier molecular flexibility index (Phi) is 3.73. The van der Waals surface area contributed by atoms with Gasteiger partial charge in [-0.15, -0.1) is 11.3 Å². The number of halogens is 2. The molecule has 0 saturated heterocycles. The molecule has 1 heterocycles. The van der Waals surface area contributed by atoms with Gasteiger partial charge < -0.3 is 5.11 Å². The first-order chi connectivity index (χ1) is 9.31. The maximum Gasteiger partial charge on any atom is 0.345 e. The van der Waals surface area contributed by atoms with Crippen LogP contribution in [-0.4, -0.2) is 19.5 Å². The van der Waals surface area contributed by atoms with E-state index in [1.54, 1.807) is 0 Å². The van der Waals surface area contributed by atoms with E-state index < -0.39 is 33.3 Å². The van der Waals surface area contributed by atoms with Gasteiger partial charge in [0.15, 0.2) is 11.6 Å². The highest BCUT2D eigenvalue weighted by Crippen LogP contribution is 2.24. The molecule has 2 aromatic rings. The molecule has 0 fully saturated rings. The second-order valence-corrected chi connectivity index (χ2v) is 6.25. The Morgan fingerprint density at radius 1 is 1.30 bits per heavy atom. The summed E-state index contributed by atoms with van der Waals surface area (Å²) in [5.41, 5.74) is -0.548. The van der Waals surface area contributed by atoms with Gasteiger partial charge >= 0.3 is 5.97 Å². The van der Waals surface area contributed by atoms with Crippen molar-refractivity contribution in [3.8, 4) is 0 Å². The van der Waals surface area contributed by atoms with Gasteiger partial charge in [0.2, 0.25) is 0 Å². The number of aromatic carboxylic acids is 1. The first-order valence-corrected chi connectivity index (χ1v) is 7.46. The smallest absolute Gasteiger partial charge is 0.345 e. The quantitative estimate of drug-likeness (QED) is 0.907. The van der Waals surface area contributed by atoms with Gasteiger partial charge in [-0.2, -0.15) is 0 Å². The van der Waals surface area contributed by atoms with Crippen molar-refractivity contribution in [2.75, 3.05) is 4.72 Å². The van der Waals surface area contributed by atoms with Crippen molar-refractivity contribution in [2.24, 2.45) is 0 Å². The van der Waals surface area contributed by atoms with E-state index in [2.05, 4.69) is 0 Å². The van der Waals surface area contributed by atoms with Gasteiger partial charge in [0.1, 0.15) is 4.88 Å². The van der Waals surface area contributed by atoms with Gasteiger partial charge in [-0.1, -0.05) is 6.07 Å². The number of hydrogen-bond donors (Lipinski definition) is 2. The SMILES string of the molecule is O=C(O)c1cc(S(=O)(=O)Nc2cccc(F)c2F)cs1. The molecule has 2 N–H and O–H groups in total. The van der Waals surface area contributed by atoms with Crippen LogP contribution < -0.4 is 4.72 Å². The zero-order valence-electron chi connectivity index (χ0n) is 9.63. The molecule has 0 saturated carbocycles. The van der Waals surface area contributed by atoms with Crippen molar-refractivity contribution in [3.05, 3.63) is 46.2 Å². The number of benzene rings is 1. The number of thiophene rings is 1. The maximum atomic E-state index is 13.4. The van der Waals surface area contributed by atoms with Crippen molar-refractivity contribution in [3.63, 3.8) is 0 Å². The Balaban J connectivity index is 2.35. The van der Waals surface area contributed by atoms with Crippen molar-refractivity contribution >= 4 is 33.0 Å². The van der Waals surface area contributed by atoms with Gasteiger partial charge in [-0.25, -0.2) is 22.0 Å². The second-order valence-electron chi connectivity index (χ2n) is 3.66. The predicted octanol–water partition coefficient (Wildman–Crippen LogP) is 2.53. The van der Waals surface area contributed by atoms with Gasteiger partial charge in [-0.3, -0.25) is 4.72 Å². The second kappa shape index (κ2) is 5.17. The average molecular weight is 319 g/mol. The van der Waals surface area contributed by atoms with E-state index in [4.69, 9.17) is 5.11 Å². The zero-order chi connectivity index (χ0) is 14.9. The van der Waals surface area contributed by atoms with E-state index in [9.17, 15) is 22.0 Å². The predicted molar refractivity (Wildman–Crippen MR) is 68.4 cm³/mol. The lowest BCUT2D eigenvalue weighted by molar-refractivity contribution is 0.0702. The van der Waals surface area contributed by atoms with Crippen LogP contribution in [0, 0.1) is 11.6 Å². The van der Waals surface area contributed by atoms with Crippen molar-refractivity contribution in [1.82, 2.24) is 0 Å². The Bertz CT molecular complexity index is 770. The van der Waals surface area contributed by atoms with Crippen LogP contribution in [0.15, 0.2) is 34.5 Å². The minimum atomic E-state index is -4.17. The first-order valence-electron chi connectivity index (χ1n) is 5.10. The molecular formula is C11H7F2NO4S2. The number of nitrogens with one attached hydrogen (secondary N) is 1. The molecule has 0 radical (unpaired) electrons. The third-order valence-corrected chi connectivity index (χ3v) is 4.70.